The molecule has 0 bridgehead atoms. The molecule has 0 saturated carbocycles. The summed E-state index contributed by atoms with van der Waals surface area (Å²) in [5.41, 5.74) is -0.115. The van der Waals surface area contributed by atoms with Gasteiger partial charge in [0, 0.05) is 17.1 Å². The topological polar surface area (TPSA) is 82.9 Å². The summed E-state index contributed by atoms with van der Waals surface area (Å²) in [5, 5.41) is 12.7. The Kier molecular flexibility index (Phi) is 6.78. The summed E-state index contributed by atoms with van der Waals surface area (Å²) < 4.78 is 38.3. The second-order valence-electron chi connectivity index (χ2n) is 6.13. The number of hydrogen-bond acceptors (Lipinski definition) is 5. The zero-order valence-corrected chi connectivity index (χ0v) is 16.7. The number of alkyl halides is 3. The minimum Gasteiger partial charge on any atom is -0.326 e. The van der Waals surface area contributed by atoms with Crippen molar-refractivity contribution in [3.63, 3.8) is 0 Å². The monoisotopic (exact) mass is 454 g/mol. The lowest BCUT2D eigenvalue weighted by molar-refractivity contribution is -0.137. The molecule has 2 N–H and O–H groups in total. The summed E-state index contributed by atoms with van der Waals surface area (Å²) in [7, 11) is 0. The van der Waals surface area contributed by atoms with Gasteiger partial charge in [0.05, 0.1) is 11.8 Å². The molecule has 1 aliphatic rings. The summed E-state index contributed by atoms with van der Waals surface area (Å²) in [4.78, 5) is 24.2. The van der Waals surface area contributed by atoms with Crippen LogP contribution in [0, 0.1) is 0 Å². The van der Waals surface area contributed by atoms with E-state index < -0.39 is 28.8 Å². The van der Waals surface area contributed by atoms with E-state index in [1.165, 1.54) is 18.3 Å². The van der Waals surface area contributed by atoms with Gasteiger partial charge in [0.15, 0.2) is 5.17 Å². The molecule has 30 heavy (non-hydrogen) atoms. The molecule has 2 aromatic carbocycles. The predicted molar refractivity (Wildman–Crippen MR) is 111 cm³/mol. The summed E-state index contributed by atoms with van der Waals surface area (Å²) in [6.07, 6.45) is -3.27. The molecule has 2 amide bonds. The summed E-state index contributed by atoms with van der Waals surface area (Å²) in [6.45, 7) is 0. The summed E-state index contributed by atoms with van der Waals surface area (Å²) in [5.74, 6) is -1.02. The number of hydrogen-bond donors (Lipinski definition) is 2. The number of rotatable bonds is 5. The molecule has 0 unspecified atom stereocenters. The molecule has 0 aromatic heterocycles. The Hall–Kier alpha value is -2.85. The first kappa shape index (κ1) is 21.8. The van der Waals surface area contributed by atoms with E-state index in [2.05, 4.69) is 20.8 Å². The van der Waals surface area contributed by atoms with Gasteiger partial charge in [0.1, 0.15) is 5.25 Å². The summed E-state index contributed by atoms with van der Waals surface area (Å²) >= 11 is 6.81. The Balaban J connectivity index is 1.56. The van der Waals surface area contributed by atoms with E-state index >= 15 is 0 Å². The molecule has 11 heteroatoms. The molecule has 1 aliphatic heterocycles. The second-order valence-corrected chi connectivity index (χ2v) is 7.76. The maximum absolute atomic E-state index is 12.8. The third kappa shape index (κ3) is 6.07. The first-order chi connectivity index (χ1) is 14.2. The number of nitrogens with one attached hydrogen (secondary N) is 2. The molecular formula is C19H14ClF3N4O2S. The Morgan fingerprint density at radius 1 is 1.23 bits per heavy atom. The number of thioether (sulfide) groups is 1. The van der Waals surface area contributed by atoms with Crippen LogP contribution in [0.3, 0.4) is 0 Å². The number of carbonyl (C=O) groups is 2. The van der Waals surface area contributed by atoms with E-state index in [1.807, 2.05) is 0 Å². The van der Waals surface area contributed by atoms with E-state index in [0.717, 1.165) is 29.5 Å². The zero-order valence-electron chi connectivity index (χ0n) is 15.1. The van der Waals surface area contributed by atoms with Crippen LogP contribution in [0.25, 0.3) is 0 Å². The number of anilines is 1. The molecule has 1 atom stereocenters. The van der Waals surface area contributed by atoms with Crippen molar-refractivity contribution in [2.24, 2.45) is 10.2 Å². The van der Waals surface area contributed by atoms with Crippen LogP contribution >= 0.6 is 23.4 Å². The summed E-state index contributed by atoms with van der Waals surface area (Å²) in [6, 6.07) is 11.1. The van der Waals surface area contributed by atoms with Gasteiger partial charge >= 0.3 is 6.18 Å². The van der Waals surface area contributed by atoms with Crippen molar-refractivity contribution >= 4 is 52.2 Å². The van der Waals surface area contributed by atoms with E-state index in [-0.39, 0.29) is 17.3 Å². The Morgan fingerprint density at radius 3 is 2.67 bits per heavy atom. The highest BCUT2D eigenvalue weighted by molar-refractivity contribution is 8.15. The maximum Gasteiger partial charge on any atom is 0.416 e. The van der Waals surface area contributed by atoms with E-state index in [1.54, 1.807) is 24.3 Å². The zero-order chi connectivity index (χ0) is 21.7. The van der Waals surface area contributed by atoms with Crippen molar-refractivity contribution in [1.29, 1.82) is 0 Å². The molecule has 3 rings (SSSR count). The molecule has 0 spiro atoms. The van der Waals surface area contributed by atoms with Crippen molar-refractivity contribution in [3.8, 4) is 0 Å². The third-order valence-corrected chi connectivity index (χ3v) is 5.17. The fraction of sp³-hybridized carbons (Fsp3) is 0.158. The number of amidine groups is 1. The molecule has 156 valence electrons. The van der Waals surface area contributed by atoms with Crippen LogP contribution in [0.15, 0.2) is 58.7 Å². The van der Waals surface area contributed by atoms with Crippen LogP contribution in [0.4, 0.5) is 18.9 Å². The number of carbonyl (C=O) groups excluding carboxylic acids is 2. The lowest BCUT2D eigenvalue weighted by Crippen LogP contribution is -2.28. The lowest BCUT2D eigenvalue weighted by atomic mass is 10.2. The average Bonchev–Trinajstić information content (AvgIpc) is 3.02. The van der Waals surface area contributed by atoms with Crippen molar-refractivity contribution in [2.45, 2.75) is 17.8 Å². The first-order valence-corrected chi connectivity index (χ1v) is 9.78. The van der Waals surface area contributed by atoms with Gasteiger partial charge in [0.2, 0.25) is 11.8 Å². The molecule has 0 radical (unpaired) electrons. The number of nitrogens with zero attached hydrogens (tertiary/aromatic N) is 2. The number of halogens is 4. The SMILES string of the molecule is O=C(C[C@@H]1S/C(=N/N=C\c2ccc(Cl)cc2)NC1=O)Nc1cccc(C(F)(F)F)c1. The fourth-order valence-corrected chi connectivity index (χ4v) is 3.49. The highest BCUT2D eigenvalue weighted by atomic mass is 35.5. The third-order valence-electron chi connectivity index (χ3n) is 3.85. The van der Waals surface area contributed by atoms with Crippen molar-refractivity contribution in [3.05, 3.63) is 64.7 Å². The molecule has 1 saturated heterocycles. The predicted octanol–water partition coefficient (Wildman–Crippen LogP) is 4.31. The van der Waals surface area contributed by atoms with Gasteiger partial charge in [0.25, 0.3) is 0 Å². The van der Waals surface area contributed by atoms with Crippen LogP contribution in [-0.2, 0) is 15.8 Å². The van der Waals surface area contributed by atoms with Gasteiger partial charge in [-0.1, -0.05) is 41.6 Å². The normalized spacial score (nSPS) is 18.1. The van der Waals surface area contributed by atoms with E-state index in [9.17, 15) is 22.8 Å². The molecule has 6 nitrogen and oxygen atoms in total. The quantitative estimate of drug-likeness (QED) is 0.521. The fourth-order valence-electron chi connectivity index (χ4n) is 2.44. The van der Waals surface area contributed by atoms with Gasteiger partial charge in [-0.2, -0.15) is 18.3 Å². The molecular weight excluding hydrogens is 441 g/mol. The number of amides is 2. The molecule has 1 heterocycles. The van der Waals surface area contributed by atoms with Crippen molar-refractivity contribution in [1.82, 2.24) is 5.32 Å². The average molecular weight is 455 g/mol. The van der Waals surface area contributed by atoms with Gasteiger partial charge in [-0.05, 0) is 35.9 Å². The minimum atomic E-state index is -4.51. The largest absolute Gasteiger partial charge is 0.416 e. The maximum atomic E-state index is 12.8. The molecule has 1 fully saturated rings. The highest BCUT2D eigenvalue weighted by Crippen LogP contribution is 2.31. The van der Waals surface area contributed by atoms with Gasteiger partial charge < -0.3 is 10.6 Å². The first-order valence-electron chi connectivity index (χ1n) is 8.52. The van der Waals surface area contributed by atoms with Crippen LogP contribution in [0.5, 0.6) is 0 Å². The van der Waals surface area contributed by atoms with Crippen molar-refractivity contribution < 1.29 is 22.8 Å². The van der Waals surface area contributed by atoms with Crippen LogP contribution in [-0.4, -0.2) is 28.4 Å². The minimum absolute atomic E-state index is 0.000292. The number of benzene rings is 2. The van der Waals surface area contributed by atoms with Gasteiger partial charge in [-0.25, -0.2) is 0 Å². The van der Waals surface area contributed by atoms with Gasteiger partial charge in [-0.3, -0.25) is 9.59 Å². The van der Waals surface area contributed by atoms with Crippen molar-refractivity contribution in [2.75, 3.05) is 5.32 Å². The lowest BCUT2D eigenvalue weighted by Gasteiger charge is -2.10. The molecule has 0 aliphatic carbocycles. The van der Waals surface area contributed by atoms with Crippen LogP contribution < -0.4 is 10.6 Å². The Morgan fingerprint density at radius 2 is 1.97 bits per heavy atom. The Labute approximate surface area is 178 Å². The Bertz CT molecular complexity index is 1010. The van der Waals surface area contributed by atoms with Crippen LogP contribution in [0.1, 0.15) is 17.5 Å². The smallest absolute Gasteiger partial charge is 0.326 e. The van der Waals surface area contributed by atoms with Gasteiger partial charge in [-0.15, -0.1) is 5.10 Å². The van der Waals surface area contributed by atoms with E-state index in [0.29, 0.717) is 5.02 Å². The standard InChI is InChI=1S/C19H14ClF3N4O2S/c20-13-6-4-11(5-7-13)10-24-27-18-26-17(29)15(30-18)9-16(28)25-14-3-1-2-12(8-14)19(21,22)23/h1-8,10,15H,9H2,(H,25,28)(H,26,27,29)/b24-10-/t15-/m0/s1. The van der Waals surface area contributed by atoms with Crippen LogP contribution in [0.2, 0.25) is 5.02 Å². The van der Waals surface area contributed by atoms with E-state index in [4.69, 9.17) is 11.6 Å². The molecule has 2 aromatic rings. The highest BCUT2D eigenvalue weighted by Gasteiger charge is 2.33. The second kappa shape index (κ2) is 9.31.